The van der Waals surface area contributed by atoms with Gasteiger partial charge in [0.15, 0.2) is 5.13 Å². The normalized spacial score (nSPS) is 17.6. The van der Waals surface area contributed by atoms with E-state index < -0.39 is 17.7 Å². The number of carbonyl (C=O) groups excluding carboxylic acids is 2. The van der Waals surface area contributed by atoms with E-state index in [2.05, 4.69) is 4.98 Å². The van der Waals surface area contributed by atoms with Gasteiger partial charge in [-0.2, -0.15) is 0 Å². The fourth-order valence-corrected chi connectivity index (χ4v) is 4.32. The number of thiazole rings is 1. The second-order valence-electron chi connectivity index (χ2n) is 6.95. The Bertz CT molecular complexity index is 1160. The predicted octanol–water partition coefficient (Wildman–Crippen LogP) is 4.57. The number of ketones is 1. The number of aliphatic hydroxyl groups excluding tert-OH is 1. The molecule has 0 saturated carbocycles. The maximum Gasteiger partial charge on any atom is 0.301 e. The summed E-state index contributed by atoms with van der Waals surface area (Å²) in [5, 5.41) is 13.3. The molecule has 0 aliphatic carbocycles. The smallest absolute Gasteiger partial charge is 0.301 e. The highest BCUT2D eigenvalue weighted by molar-refractivity contribution is 7.14. The average molecular weight is 451 g/mol. The molecular formula is C24H22N2O5S. The summed E-state index contributed by atoms with van der Waals surface area (Å²) >= 11 is 1.25. The predicted molar refractivity (Wildman–Crippen MR) is 122 cm³/mol. The van der Waals surface area contributed by atoms with Crippen LogP contribution in [0.1, 0.15) is 31.0 Å². The number of ether oxygens (including phenoxy) is 2. The van der Waals surface area contributed by atoms with E-state index in [1.807, 2.05) is 13.8 Å². The van der Waals surface area contributed by atoms with E-state index in [9.17, 15) is 14.7 Å². The molecule has 3 aromatic rings. The second-order valence-corrected chi connectivity index (χ2v) is 7.82. The van der Waals surface area contributed by atoms with E-state index in [4.69, 9.17) is 9.47 Å². The maximum absolute atomic E-state index is 13.1. The van der Waals surface area contributed by atoms with Crippen molar-refractivity contribution in [3.05, 3.63) is 76.8 Å². The lowest BCUT2D eigenvalue weighted by Gasteiger charge is -2.23. The van der Waals surface area contributed by atoms with Crippen LogP contribution in [0.4, 0.5) is 5.13 Å². The van der Waals surface area contributed by atoms with Crippen LogP contribution in [0.5, 0.6) is 11.5 Å². The van der Waals surface area contributed by atoms with Gasteiger partial charge in [0.05, 0.1) is 24.8 Å². The Morgan fingerprint density at radius 3 is 2.44 bits per heavy atom. The topological polar surface area (TPSA) is 89.0 Å². The molecule has 2 heterocycles. The van der Waals surface area contributed by atoms with Gasteiger partial charge in [0.2, 0.25) is 0 Å². The molecule has 0 spiro atoms. The van der Waals surface area contributed by atoms with Crippen molar-refractivity contribution >= 4 is 33.9 Å². The van der Waals surface area contributed by atoms with Gasteiger partial charge in [-0.05, 0) is 55.8 Å². The molecule has 4 rings (SSSR count). The lowest BCUT2D eigenvalue weighted by atomic mass is 9.95. The maximum atomic E-state index is 13.1. The Hall–Kier alpha value is -3.65. The van der Waals surface area contributed by atoms with Gasteiger partial charge in [-0.25, -0.2) is 4.98 Å². The summed E-state index contributed by atoms with van der Waals surface area (Å²) in [5.74, 6) is -0.501. The molecule has 1 saturated heterocycles. The van der Waals surface area contributed by atoms with Gasteiger partial charge in [-0.3, -0.25) is 14.5 Å². The number of aliphatic hydroxyl groups is 1. The number of amides is 1. The van der Waals surface area contributed by atoms with Crippen LogP contribution in [0, 0.1) is 0 Å². The van der Waals surface area contributed by atoms with Crippen LogP contribution in [-0.2, 0) is 9.59 Å². The largest absolute Gasteiger partial charge is 0.507 e. The first-order valence-corrected chi connectivity index (χ1v) is 11.1. The molecule has 2 aromatic carbocycles. The zero-order valence-electron chi connectivity index (χ0n) is 17.6. The summed E-state index contributed by atoms with van der Waals surface area (Å²) < 4.78 is 11.1. The molecule has 1 aromatic heterocycles. The Labute approximate surface area is 189 Å². The van der Waals surface area contributed by atoms with Crippen molar-refractivity contribution in [3.63, 3.8) is 0 Å². The molecule has 1 unspecified atom stereocenters. The molecule has 0 radical (unpaired) electrons. The molecule has 164 valence electrons. The summed E-state index contributed by atoms with van der Waals surface area (Å²) in [6.45, 7) is 4.74. The highest BCUT2D eigenvalue weighted by Crippen LogP contribution is 2.43. The Morgan fingerprint density at radius 1 is 1.06 bits per heavy atom. The molecule has 32 heavy (non-hydrogen) atoms. The van der Waals surface area contributed by atoms with Gasteiger partial charge in [0.1, 0.15) is 17.3 Å². The van der Waals surface area contributed by atoms with Crippen molar-refractivity contribution in [2.45, 2.75) is 19.9 Å². The van der Waals surface area contributed by atoms with Gasteiger partial charge < -0.3 is 14.6 Å². The zero-order chi connectivity index (χ0) is 22.7. The van der Waals surface area contributed by atoms with Crippen molar-refractivity contribution in [3.8, 4) is 11.5 Å². The summed E-state index contributed by atoms with van der Waals surface area (Å²) in [4.78, 5) is 31.7. The van der Waals surface area contributed by atoms with Crippen LogP contribution in [0.25, 0.3) is 5.76 Å². The third-order valence-electron chi connectivity index (χ3n) is 4.99. The molecule has 1 aliphatic rings. The number of hydrogen-bond donors (Lipinski definition) is 1. The van der Waals surface area contributed by atoms with Crippen LogP contribution in [-0.4, -0.2) is 35.0 Å². The number of rotatable bonds is 7. The van der Waals surface area contributed by atoms with Gasteiger partial charge >= 0.3 is 5.91 Å². The van der Waals surface area contributed by atoms with Crippen molar-refractivity contribution in [1.29, 1.82) is 0 Å². The number of aromatic nitrogens is 1. The minimum atomic E-state index is -0.840. The fourth-order valence-electron chi connectivity index (χ4n) is 3.65. The Balaban J connectivity index is 1.87. The molecule has 7 nitrogen and oxygen atoms in total. The van der Waals surface area contributed by atoms with E-state index in [-0.39, 0.29) is 11.3 Å². The molecule has 1 aliphatic heterocycles. The number of benzene rings is 2. The minimum Gasteiger partial charge on any atom is -0.507 e. The van der Waals surface area contributed by atoms with Crippen LogP contribution in [0.3, 0.4) is 0 Å². The number of hydrogen-bond acceptors (Lipinski definition) is 7. The summed E-state index contributed by atoms with van der Waals surface area (Å²) in [7, 11) is 0. The second kappa shape index (κ2) is 9.23. The average Bonchev–Trinajstić information content (AvgIpc) is 3.41. The van der Waals surface area contributed by atoms with Gasteiger partial charge in [0.25, 0.3) is 5.78 Å². The number of nitrogens with zero attached hydrogens (tertiary/aromatic N) is 2. The third-order valence-corrected chi connectivity index (χ3v) is 5.76. The first kappa shape index (κ1) is 21.6. The van der Waals surface area contributed by atoms with Crippen molar-refractivity contribution < 1.29 is 24.2 Å². The number of Topliss-reactive ketones (excluding diaryl/α,β-unsaturated/α-hetero) is 1. The van der Waals surface area contributed by atoms with Crippen molar-refractivity contribution in [2.24, 2.45) is 0 Å². The molecule has 1 atom stereocenters. The Kier molecular flexibility index (Phi) is 6.23. The lowest BCUT2D eigenvalue weighted by Crippen LogP contribution is -2.29. The van der Waals surface area contributed by atoms with E-state index >= 15 is 0 Å². The van der Waals surface area contributed by atoms with Crippen LogP contribution < -0.4 is 14.4 Å². The fraction of sp³-hybridized carbons (Fsp3) is 0.208. The summed E-state index contributed by atoms with van der Waals surface area (Å²) in [6, 6.07) is 13.1. The standard InChI is InChI=1S/C24H22N2O5S/c1-3-30-17-10-8-15(9-11-17)21(27)19-20(16-6-5-7-18(14-16)31-4-2)26(23(29)22(19)28)24-25-12-13-32-24/h5-14,20,27H,3-4H2,1-2H3. The molecule has 1 N–H and O–H groups in total. The van der Waals surface area contributed by atoms with Crippen molar-refractivity contribution in [2.75, 3.05) is 18.1 Å². The molecule has 0 bridgehead atoms. The quantitative estimate of drug-likeness (QED) is 0.322. The third kappa shape index (κ3) is 3.97. The van der Waals surface area contributed by atoms with E-state index in [1.165, 1.54) is 16.2 Å². The highest BCUT2D eigenvalue weighted by Gasteiger charge is 2.48. The first-order chi connectivity index (χ1) is 15.5. The number of carbonyl (C=O) groups is 2. The highest BCUT2D eigenvalue weighted by atomic mass is 32.1. The SMILES string of the molecule is CCOc1ccc(C(O)=C2C(=O)C(=O)N(c3nccs3)C2c2cccc(OCC)c2)cc1. The summed E-state index contributed by atoms with van der Waals surface area (Å²) in [5.41, 5.74) is 1.05. The van der Waals surface area contributed by atoms with Gasteiger partial charge in [0, 0.05) is 17.1 Å². The monoisotopic (exact) mass is 450 g/mol. The number of anilines is 1. The molecule has 1 fully saturated rings. The zero-order valence-corrected chi connectivity index (χ0v) is 18.5. The van der Waals surface area contributed by atoms with E-state index in [1.54, 1.807) is 60.1 Å². The van der Waals surface area contributed by atoms with Crippen LogP contribution in [0.2, 0.25) is 0 Å². The minimum absolute atomic E-state index is 0.00279. The van der Waals surface area contributed by atoms with Gasteiger partial charge in [-0.1, -0.05) is 12.1 Å². The van der Waals surface area contributed by atoms with Crippen LogP contribution in [0.15, 0.2) is 65.7 Å². The van der Waals surface area contributed by atoms with Crippen LogP contribution >= 0.6 is 11.3 Å². The van der Waals surface area contributed by atoms with E-state index in [0.717, 1.165) is 0 Å². The summed E-state index contributed by atoms with van der Waals surface area (Å²) in [6.07, 6.45) is 1.57. The molecule has 8 heteroatoms. The van der Waals surface area contributed by atoms with E-state index in [0.29, 0.717) is 41.0 Å². The molecule has 1 amide bonds. The molecular weight excluding hydrogens is 428 g/mol. The lowest BCUT2D eigenvalue weighted by molar-refractivity contribution is -0.132. The Morgan fingerprint density at radius 2 is 1.78 bits per heavy atom. The van der Waals surface area contributed by atoms with Crippen molar-refractivity contribution in [1.82, 2.24) is 4.98 Å². The first-order valence-electron chi connectivity index (χ1n) is 10.2. The van der Waals surface area contributed by atoms with Gasteiger partial charge in [-0.15, -0.1) is 11.3 Å².